The highest BCUT2D eigenvalue weighted by Gasteiger charge is 2.25. The van der Waals surface area contributed by atoms with E-state index in [2.05, 4.69) is 10.1 Å². The predicted molar refractivity (Wildman–Crippen MR) is 60.1 cm³/mol. The van der Waals surface area contributed by atoms with Crippen LogP contribution >= 0.6 is 0 Å². The molecule has 17 heavy (non-hydrogen) atoms. The van der Waals surface area contributed by atoms with Crippen LogP contribution in [0.5, 0.6) is 0 Å². The molecule has 0 bridgehead atoms. The van der Waals surface area contributed by atoms with Crippen LogP contribution in [0.1, 0.15) is 26.2 Å². The Bertz CT molecular complexity index is 311. The van der Waals surface area contributed by atoms with E-state index in [1.165, 1.54) is 0 Å². The van der Waals surface area contributed by atoms with Gasteiger partial charge in [-0.1, -0.05) is 0 Å². The summed E-state index contributed by atoms with van der Waals surface area (Å²) in [6, 6.07) is -0.695. The number of nitrogens with zero attached hydrogens (tertiary/aromatic N) is 1. The molecule has 0 spiro atoms. The maximum Gasteiger partial charge on any atom is 0.396 e. The van der Waals surface area contributed by atoms with Crippen LogP contribution in [0.2, 0.25) is 0 Å². The number of piperidine rings is 1. The molecular formula is C11H18N2O4. The Morgan fingerprint density at radius 3 is 2.29 bits per heavy atom. The van der Waals surface area contributed by atoms with E-state index in [9.17, 15) is 14.4 Å². The first-order valence-corrected chi connectivity index (χ1v) is 5.74. The largest absolute Gasteiger partial charge is 0.462 e. The number of amides is 2. The molecule has 0 saturated carbocycles. The second-order valence-electron chi connectivity index (χ2n) is 4.07. The lowest BCUT2D eigenvalue weighted by atomic mass is 10.1. The third kappa shape index (κ3) is 3.72. The SMILES string of the molecule is COC(=O)C(=O)NC(C)C(=O)N1CCCCC1. The molecule has 1 atom stereocenters. The Labute approximate surface area is 100 Å². The third-order valence-corrected chi connectivity index (χ3v) is 2.76. The van der Waals surface area contributed by atoms with Crippen molar-refractivity contribution in [3.05, 3.63) is 0 Å². The van der Waals surface area contributed by atoms with Crippen molar-refractivity contribution >= 4 is 17.8 Å². The molecule has 0 aromatic carbocycles. The van der Waals surface area contributed by atoms with Crippen molar-refractivity contribution in [1.82, 2.24) is 10.2 Å². The Morgan fingerprint density at radius 1 is 1.18 bits per heavy atom. The minimum absolute atomic E-state index is 0.151. The molecule has 0 aliphatic carbocycles. The second-order valence-corrected chi connectivity index (χ2v) is 4.07. The highest BCUT2D eigenvalue weighted by molar-refractivity contribution is 6.32. The molecule has 1 rings (SSSR count). The molecule has 1 heterocycles. The van der Waals surface area contributed by atoms with E-state index < -0.39 is 17.9 Å². The number of likely N-dealkylation sites (tertiary alicyclic amines) is 1. The number of hydrogen-bond acceptors (Lipinski definition) is 4. The molecule has 1 aliphatic heterocycles. The first-order valence-electron chi connectivity index (χ1n) is 5.74. The monoisotopic (exact) mass is 242 g/mol. The molecule has 1 unspecified atom stereocenters. The van der Waals surface area contributed by atoms with E-state index in [0.29, 0.717) is 0 Å². The number of rotatable bonds is 2. The van der Waals surface area contributed by atoms with Crippen LogP contribution in [0.3, 0.4) is 0 Å². The van der Waals surface area contributed by atoms with Crippen molar-refractivity contribution in [3.8, 4) is 0 Å². The normalized spacial score (nSPS) is 17.2. The van der Waals surface area contributed by atoms with Gasteiger partial charge in [0.25, 0.3) is 0 Å². The van der Waals surface area contributed by atoms with E-state index in [4.69, 9.17) is 0 Å². The number of ether oxygens (including phenoxy) is 1. The van der Waals surface area contributed by atoms with Crippen molar-refractivity contribution in [2.24, 2.45) is 0 Å². The maximum absolute atomic E-state index is 11.9. The number of carbonyl (C=O) groups is 3. The molecule has 1 aliphatic rings. The second kappa shape index (κ2) is 6.22. The van der Waals surface area contributed by atoms with Crippen molar-refractivity contribution in [3.63, 3.8) is 0 Å². The van der Waals surface area contributed by atoms with Crippen molar-refractivity contribution in [2.45, 2.75) is 32.2 Å². The first-order chi connectivity index (χ1) is 8.06. The zero-order valence-corrected chi connectivity index (χ0v) is 10.2. The zero-order valence-electron chi connectivity index (χ0n) is 10.2. The summed E-state index contributed by atoms with van der Waals surface area (Å²) in [6.07, 6.45) is 3.11. The molecule has 6 heteroatoms. The molecule has 0 aromatic rings. The Kier molecular flexibility index (Phi) is 4.93. The van der Waals surface area contributed by atoms with Crippen LogP contribution < -0.4 is 5.32 Å². The van der Waals surface area contributed by atoms with Crippen LogP contribution in [-0.4, -0.2) is 48.9 Å². The van der Waals surface area contributed by atoms with Crippen LogP contribution in [0, 0.1) is 0 Å². The average molecular weight is 242 g/mol. The molecule has 1 N–H and O–H groups in total. The summed E-state index contributed by atoms with van der Waals surface area (Å²) >= 11 is 0. The number of methoxy groups -OCH3 is 1. The molecule has 96 valence electrons. The van der Waals surface area contributed by atoms with Gasteiger partial charge in [-0.15, -0.1) is 0 Å². The van der Waals surface area contributed by atoms with Gasteiger partial charge < -0.3 is 15.0 Å². The summed E-state index contributed by atoms with van der Waals surface area (Å²) in [5.74, 6) is -2.02. The summed E-state index contributed by atoms with van der Waals surface area (Å²) in [5.41, 5.74) is 0. The lowest BCUT2D eigenvalue weighted by Crippen LogP contribution is -2.50. The smallest absolute Gasteiger partial charge is 0.396 e. The Balaban J connectivity index is 2.45. The summed E-state index contributed by atoms with van der Waals surface area (Å²) in [4.78, 5) is 35.7. The van der Waals surface area contributed by atoms with Crippen LogP contribution in [0.15, 0.2) is 0 Å². The van der Waals surface area contributed by atoms with E-state index >= 15 is 0 Å². The first kappa shape index (κ1) is 13.5. The molecule has 0 aromatic heterocycles. The number of nitrogens with one attached hydrogen (secondary N) is 1. The summed E-state index contributed by atoms with van der Waals surface area (Å²) in [7, 11) is 1.12. The van der Waals surface area contributed by atoms with E-state index in [0.717, 1.165) is 39.5 Å². The van der Waals surface area contributed by atoms with Crippen LogP contribution in [0.4, 0.5) is 0 Å². The number of esters is 1. The highest BCUT2D eigenvalue weighted by atomic mass is 16.5. The van der Waals surface area contributed by atoms with Crippen molar-refractivity contribution < 1.29 is 19.1 Å². The fourth-order valence-electron chi connectivity index (χ4n) is 1.80. The molecule has 0 radical (unpaired) electrons. The van der Waals surface area contributed by atoms with E-state index in [-0.39, 0.29) is 5.91 Å². The summed E-state index contributed by atoms with van der Waals surface area (Å²) < 4.78 is 4.26. The lowest BCUT2D eigenvalue weighted by Gasteiger charge is -2.29. The Morgan fingerprint density at radius 2 is 1.76 bits per heavy atom. The molecule has 1 fully saturated rings. The van der Waals surface area contributed by atoms with Crippen LogP contribution in [-0.2, 0) is 19.1 Å². The average Bonchev–Trinajstić information content (AvgIpc) is 2.37. The fraction of sp³-hybridized carbons (Fsp3) is 0.727. The predicted octanol–water partition coefficient (Wildman–Crippen LogP) is -0.323. The van der Waals surface area contributed by atoms with Gasteiger partial charge in [-0.25, -0.2) is 4.79 Å². The maximum atomic E-state index is 11.9. The van der Waals surface area contributed by atoms with Gasteiger partial charge >= 0.3 is 11.9 Å². The third-order valence-electron chi connectivity index (χ3n) is 2.76. The van der Waals surface area contributed by atoms with Gasteiger partial charge in [-0.3, -0.25) is 9.59 Å². The Hall–Kier alpha value is -1.59. The van der Waals surface area contributed by atoms with Gasteiger partial charge in [0.15, 0.2) is 0 Å². The zero-order chi connectivity index (χ0) is 12.8. The van der Waals surface area contributed by atoms with Crippen molar-refractivity contribution in [1.29, 1.82) is 0 Å². The van der Waals surface area contributed by atoms with Gasteiger partial charge in [-0.05, 0) is 26.2 Å². The topological polar surface area (TPSA) is 75.7 Å². The summed E-state index contributed by atoms with van der Waals surface area (Å²) in [6.45, 7) is 3.01. The van der Waals surface area contributed by atoms with Gasteiger partial charge in [0.1, 0.15) is 6.04 Å². The standard InChI is InChI=1S/C11H18N2O4/c1-8(12-9(14)11(16)17-2)10(15)13-6-4-3-5-7-13/h8H,3-7H2,1-2H3,(H,12,14). The van der Waals surface area contributed by atoms with Gasteiger partial charge in [0.2, 0.25) is 5.91 Å². The quantitative estimate of drug-likeness (QED) is 0.531. The van der Waals surface area contributed by atoms with Gasteiger partial charge in [0, 0.05) is 13.1 Å². The minimum Gasteiger partial charge on any atom is -0.462 e. The number of carbonyl (C=O) groups excluding carboxylic acids is 3. The van der Waals surface area contributed by atoms with Gasteiger partial charge in [-0.2, -0.15) is 0 Å². The van der Waals surface area contributed by atoms with Crippen LogP contribution in [0.25, 0.3) is 0 Å². The molecule has 6 nitrogen and oxygen atoms in total. The van der Waals surface area contributed by atoms with Crippen molar-refractivity contribution in [2.75, 3.05) is 20.2 Å². The summed E-state index contributed by atoms with van der Waals surface area (Å²) in [5, 5.41) is 2.32. The molecule has 2 amide bonds. The minimum atomic E-state index is -0.983. The van der Waals surface area contributed by atoms with E-state index in [1.807, 2.05) is 0 Å². The van der Waals surface area contributed by atoms with E-state index in [1.54, 1.807) is 11.8 Å². The molecular weight excluding hydrogens is 224 g/mol. The fourth-order valence-corrected chi connectivity index (χ4v) is 1.80. The van der Waals surface area contributed by atoms with Gasteiger partial charge in [0.05, 0.1) is 7.11 Å². The highest BCUT2D eigenvalue weighted by Crippen LogP contribution is 2.09. The molecule has 1 saturated heterocycles. The lowest BCUT2D eigenvalue weighted by molar-refractivity contribution is -0.153. The number of hydrogen-bond donors (Lipinski definition) is 1.